The lowest BCUT2D eigenvalue weighted by Gasteiger charge is -2.19. The van der Waals surface area contributed by atoms with Crippen LogP contribution in [0.1, 0.15) is 79.6 Å². The van der Waals surface area contributed by atoms with Crippen LogP contribution in [0.25, 0.3) is 0 Å². The predicted octanol–water partition coefficient (Wildman–Crippen LogP) is 2.84. The van der Waals surface area contributed by atoms with Crippen molar-refractivity contribution in [3.05, 3.63) is 29.2 Å². The third-order valence-corrected chi connectivity index (χ3v) is 5.04. The van der Waals surface area contributed by atoms with E-state index >= 15 is 0 Å². The summed E-state index contributed by atoms with van der Waals surface area (Å²) in [6.45, 7) is 9.46. The zero-order chi connectivity index (χ0) is 17.8. The lowest BCUT2D eigenvalue weighted by Crippen LogP contribution is -2.29. The van der Waals surface area contributed by atoms with Crippen molar-refractivity contribution < 1.29 is 9.32 Å². The molecule has 1 amide bonds. The van der Waals surface area contributed by atoms with Crippen LogP contribution in [-0.2, 0) is 5.54 Å². The van der Waals surface area contributed by atoms with Crippen LogP contribution in [-0.4, -0.2) is 43.8 Å². The molecule has 0 radical (unpaired) electrons. The van der Waals surface area contributed by atoms with E-state index in [4.69, 9.17) is 4.52 Å². The van der Waals surface area contributed by atoms with Crippen LogP contribution >= 0.6 is 0 Å². The average Bonchev–Trinajstić information content (AvgIpc) is 2.99. The summed E-state index contributed by atoms with van der Waals surface area (Å²) in [6.07, 6.45) is 5.05. The van der Waals surface area contributed by atoms with E-state index in [1.807, 2.05) is 22.7 Å². The third kappa shape index (κ3) is 3.07. The molecule has 0 spiro atoms. The lowest BCUT2D eigenvalue weighted by atomic mass is 10.1. The molecule has 7 heteroatoms. The van der Waals surface area contributed by atoms with Gasteiger partial charge in [0.25, 0.3) is 5.91 Å². The molecule has 1 saturated carbocycles. The third-order valence-electron chi connectivity index (χ3n) is 5.04. The quantitative estimate of drug-likeness (QED) is 0.856. The minimum Gasteiger partial charge on any atom is -0.339 e. The number of carbonyl (C=O) groups excluding carboxylic acids is 1. The van der Waals surface area contributed by atoms with Crippen LogP contribution in [0.5, 0.6) is 0 Å². The summed E-state index contributed by atoms with van der Waals surface area (Å²) < 4.78 is 7.30. The molecule has 0 bridgehead atoms. The molecule has 0 aromatic carbocycles. The Balaban J connectivity index is 1.47. The molecule has 134 valence electrons. The fourth-order valence-electron chi connectivity index (χ4n) is 3.25. The zero-order valence-electron chi connectivity index (χ0n) is 15.3. The van der Waals surface area contributed by atoms with Crippen LogP contribution in [0.3, 0.4) is 0 Å². The Hall–Kier alpha value is -2.18. The van der Waals surface area contributed by atoms with Crippen LogP contribution in [0.15, 0.2) is 10.7 Å². The molecular weight excluding hydrogens is 318 g/mol. The van der Waals surface area contributed by atoms with E-state index in [-0.39, 0.29) is 17.4 Å². The molecule has 2 fully saturated rings. The van der Waals surface area contributed by atoms with Gasteiger partial charge in [0, 0.05) is 25.2 Å². The van der Waals surface area contributed by atoms with E-state index in [2.05, 4.69) is 36.0 Å². The highest BCUT2D eigenvalue weighted by Gasteiger charge is 2.35. The fraction of sp³-hybridized carbons (Fsp3) is 0.667. The molecule has 1 aliphatic heterocycles. The summed E-state index contributed by atoms with van der Waals surface area (Å²) in [7, 11) is 0. The van der Waals surface area contributed by atoms with Gasteiger partial charge in [-0.2, -0.15) is 10.1 Å². The van der Waals surface area contributed by atoms with Gasteiger partial charge in [0.2, 0.25) is 5.89 Å². The zero-order valence-corrected chi connectivity index (χ0v) is 15.3. The van der Waals surface area contributed by atoms with Gasteiger partial charge in [-0.3, -0.25) is 9.48 Å². The van der Waals surface area contributed by atoms with E-state index in [1.54, 1.807) is 0 Å². The fourth-order valence-corrected chi connectivity index (χ4v) is 3.25. The number of hydrogen-bond acceptors (Lipinski definition) is 5. The molecule has 2 aromatic rings. The summed E-state index contributed by atoms with van der Waals surface area (Å²) in [4.78, 5) is 19.3. The molecule has 1 saturated heterocycles. The van der Waals surface area contributed by atoms with Crippen molar-refractivity contribution in [3.63, 3.8) is 0 Å². The Morgan fingerprint density at radius 1 is 1.24 bits per heavy atom. The molecule has 2 aliphatic rings. The number of nitrogens with zero attached hydrogens (tertiary/aromatic N) is 5. The number of likely N-dealkylation sites (tertiary alicyclic amines) is 1. The Labute approximate surface area is 147 Å². The minimum absolute atomic E-state index is 0.0393. The highest BCUT2D eigenvalue weighted by atomic mass is 16.5. The van der Waals surface area contributed by atoms with Crippen molar-refractivity contribution in [1.29, 1.82) is 0 Å². The van der Waals surface area contributed by atoms with Gasteiger partial charge in [0.05, 0.1) is 22.7 Å². The second-order valence-electron chi connectivity index (χ2n) is 8.25. The van der Waals surface area contributed by atoms with Gasteiger partial charge in [-0.15, -0.1) is 0 Å². The van der Waals surface area contributed by atoms with Gasteiger partial charge >= 0.3 is 0 Å². The summed E-state index contributed by atoms with van der Waals surface area (Å²) in [5.41, 5.74) is 1.32. The van der Waals surface area contributed by atoms with Gasteiger partial charge in [-0.1, -0.05) is 5.16 Å². The SMILES string of the molecule is Cc1nn(C(C)(C)C)cc1C(=O)N1CC[C@H](c2nc(C3CC3)no2)C1. The summed E-state index contributed by atoms with van der Waals surface area (Å²) in [5, 5.41) is 8.60. The van der Waals surface area contributed by atoms with Crippen LogP contribution in [0, 0.1) is 6.92 Å². The summed E-state index contributed by atoms with van der Waals surface area (Å²) in [5.74, 6) is 2.18. The average molecular weight is 343 g/mol. The topological polar surface area (TPSA) is 77.1 Å². The summed E-state index contributed by atoms with van der Waals surface area (Å²) >= 11 is 0. The number of amides is 1. The van der Waals surface area contributed by atoms with E-state index in [0.717, 1.165) is 30.8 Å². The Morgan fingerprint density at radius 3 is 2.64 bits per heavy atom. The first-order valence-electron chi connectivity index (χ1n) is 9.02. The maximum atomic E-state index is 12.9. The van der Waals surface area contributed by atoms with Gasteiger partial charge < -0.3 is 9.42 Å². The molecule has 0 unspecified atom stereocenters. The van der Waals surface area contributed by atoms with Crippen molar-refractivity contribution in [1.82, 2.24) is 24.8 Å². The van der Waals surface area contributed by atoms with Gasteiger partial charge in [0.1, 0.15) is 0 Å². The number of rotatable bonds is 3. The predicted molar refractivity (Wildman–Crippen MR) is 91.5 cm³/mol. The first-order chi connectivity index (χ1) is 11.8. The van der Waals surface area contributed by atoms with Crippen LogP contribution in [0.2, 0.25) is 0 Å². The van der Waals surface area contributed by atoms with Crippen molar-refractivity contribution >= 4 is 5.91 Å². The Morgan fingerprint density at radius 2 is 2.00 bits per heavy atom. The highest BCUT2D eigenvalue weighted by molar-refractivity contribution is 5.95. The summed E-state index contributed by atoms with van der Waals surface area (Å²) in [6, 6.07) is 0. The van der Waals surface area contributed by atoms with E-state index in [1.165, 1.54) is 0 Å². The second kappa shape index (κ2) is 5.68. The maximum absolute atomic E-state index is 12.9. The van der Waals surface area contributed by atoms with Crippen molar-refractivity contribution in [2.45, 2.75) is 64.3 Å². The van der Waals surface area contributed by atoms with E-state index < -0.39 is 0 Å². The van der Waals surface area contributed by atoms with E-state index in [0.29, 0.717) is 30.5 Å². The van der Waals surface area contributed by atoms with Gasteiger partial charge in [-0.05, 0) is 47.0 Å². The van der Waals surface area contributed by atoms with E-state index in [9.17, 15) is 4.79 Å². The number of aromatic nitrogens is 4. The number of carbonyl (C=O) groups is 1. The molecule has 25 heavy (non-hydrogen) atoms. The van der Waals surface area contributed by atoms with Crippen molar-refractivity contribution in [2.75, 3.05) is 13.1 Å². The first-order valence-corrected chi connectivity index (χ1v) is 9.02. The Kier molecular flexibility index (Phi) is 3.70. The number of hydrogen-bond donors (Lipinski definition) is 0. The molecule has 1 aliphatic carbocycles. The van der Waals surface area contributed by atoms with Gasteiger partial charge in [-0.25, -0.2) is 0 Å². The normalized spacial score (nSPS) is 21.1. The molecule has 0 N–H and O–H groups in total. The lowest BCUT2D eigenvalue weighted by molar-refractivity contribution is 0.0788. The molecule has 1 atom stereocenters. The molecule has 4 rings (SSSR count). The minimum atomic E-state index is -0.139. The smallest absolute Gasteiger partial charge is 0.257 e. The van der Waals surface area contributed by atoms with Crippen molar-refractivity contribution in [2.24, 2.45) is 0 Å². The molecule has 7 nitrogen and oxygen atoms in total. The Bertz CT molecular complexity index is 797. The van der Waals surface area contributed by atoms with Crippen LogP contribution in [0.4, 0.5) is 0 Å². The highest BCUT2D eigenvalue weighted by Crippen LogP contribution is 2.39. The molecule has 2 aromatic heterocycles. The second-order valence-corrected chi connectivity index (χ2v) is 8.25. The van der Waals surface area contributed by atoms with Gasteiger partial charge in [0.15, 0.2) is 5.82 Å². The molecular formula is C18H25N5O2. The monoisotopic (exact) mass is 343 g/mol. The largest absolute Gasteiger partial charge is 0.339 e. The number of aryl methyl sites for hydroxylation is 1. The maximum Gasteiger partial charge on any atom is 0.257 e. The van der Waals surface area contributed by atoms with Crippen LogP contribution < -0.4 is 0 Å². The first kappa shape index (κ1) is 16.3. The molecule has 3 heterocycles. The van der Waals surface area contributed by atoms with Crippen molar-refractivity contribution in [3.8, 4) is 0 Å². The standard InChI is InChI=1S/C18H25N5O2/c1-11-14(10-23(20-11)18(2,3)4)17(24)22-8-7-13(9-22)16-19-15(21-25-16)12-5-6-12/h10,12-13H,5-9H2,1-4H3/t13-/m0/s1.